The van der Waals surface area contributed by atoms with Crippen LogP contribution in [0.25, 0.3) is 0 Å². The first-order valence-corrected chi connectivity index (χ1v) is 5.35. The normalized spacial score (nSPS) is 30.5. The SMILES string of the molecule is C[C@@H]1C=CCC[C@@H]1C(=O)N1CCOC1=O. The second-order valence-corrected chi connectivity index (χ2v) is 4.08. The molecule has 4 nitrogen and oxygen atoms in total. The summed E-state index contributed by atoms with van der Waals surface area (Å²) in [6.07, 6.45) is 5.41. The molecule has 1 saturated heterocycles. The van der Waals surface area contributed by atoms with Gasteiger partial charge in [-0.2, -0.15) is 0 Å². The van der Waals surface area contributed by atoms with Gasteiger partial charge in [-0.1, -0.05) is 19.1 Å². The Labute approximate surface area is 88.9 Å². The quantitative estimate of drug-likeness (QED) is 0.616. The van der Waals surface area contributed by atoms with Crippen LogP contribution in [0.5, 0.6) is 0 Å². The maximum atomic E-state index is 12.0. The first kappa shape index (κ1) is 10.2. The van der Waals surface area contributed by atoms with Gasteiger partial charge in [0.2, 0.25) is 5.91 Å². The molecule has 0 spiro atoms. The molecular weight excluding hydrogens is 194 g/mol. The zero-order valence-electron chi connectivity index (χ0n) is 8.81. The molecule has 1 heterocycles. The van der Waals surface area contributed by atoms with E-state index in [-0.39, 0.29) is 17.7 Å². The maximum Gasteiger partial charge on any atom is 0.416 e. The number of rotatable bonds is 1. The van der Waals surface area contributed by atoms with Crippen molar-refractivity contribution in [2.45, 2.75) is 19.8 Å². The monoisotopic (exact) mass is 209 g/mol. The van der Waals surface area contributed by atoms with E-state index in [1.54, 1.807) is 0 Å². The molecule has 0 N–H and O–H groups in total. The molecule has 1 fully saturated rings. The van der Waals surface area contributed by atoms with Gasteiger partial charge < -0.3 is 4.74 Å². The van der Waals surface area contributed by atoms with Crippen LogP contribution in [0.4, 0.5) is 4.79 Å². The molecule has 0 bridgehead atoms. The number of carbonyl (C=O) groups excluding carboxylic acids is 2. The van der Waals surface area contributed by atoms with Crippen molar-refractivity contribution in [2.24, 2.45) is 11.8 Å². The van der Waals surface area contributed by atoms with E-state index in [4.69, 9.17) is 4.74 Å². The molecule has 0 aromatic heterocycles. The van der Waals surface area contributed by atoms with E-state index in [9.17, 15) is 9.59 Å². The van der Waals surface area contributed by atoms with Crippen LogP contribution in [0.1, 0.15) is 19.8 Å². The van der Waals surface area contributed by atoms with Gasteiger partial charge in [-0.15, -0.1) is 0 Å². The third kappa shape index (κ3) is 1.89. The average molecular weight is 209 g/mol. The molecule has 0 saturated carbocycles. The van der Waals surface area contributed by atoms with Gasteiger partial charge in [-0.25, -0.2) is 9.69 Å². The summed E-state index contributed by atoms with van der Waals surface area (Å²) in [5.41, 5.74) is 0. The highest BCUT2D eigenvalue weighted by Crippen LogP contribution is 2.27. The van der Waals surface area contributed by atoms with Crippen molar-refractivity contribution in [1.29, 1.82) is 0 Å². The lowest BCUT2D eigenvalue weighted by Gasteiger charge is -2.25. The lowest BCUT2D eigenvalue weighted by molar-refractivity contribution is -0.133. The second kappa shape index (κ2) is 4.04. The summed E-state index contributed by atoms with van der Waals surface area (Å²) >= 11 is 0. The predicted octanol–water partition coefficient (Wildman–Crippen LogP) is 1.57. The van der Waals surface area contributed by atoms with Crippen molar-refractivity contribution in [3.8, 4) is 0 Å². The van der Waals surface area contributed by atoms with E-state index in [0.29, 0.717) is 13.2 Å². The van der Waals surface area contributed by atoms with Crippen LogP contribution in [0, 0.1) is 11.8 Å². The molecule has 15 heavy (non-hydrogen) atoms. The van der Waals surface area contributed by atoms with Crippen LogP contribution in [0.15, 0.2) is 12.2 Å². The largest absolute Gasteiger partial charge is 0.447 e. The molecule has 2 aliphatic rings. The number of hydrogen-bond acceptors (Lipinski definition) is 3. The Hall–Kier alpha value is -1.32. The first-order chi connectivity index (χ1) is 7.20. The van der Waals surface area contributed by atoms with Crippen LogP contribution >= 0.6 is 0 Å². The van der Waals surface area contributed by atoms with Crippen molar-refractivity contribution in [1.82, 2.24) is 4.90 Å². The summed E-state index contributed by atoms with van der Waals surface area (Å²) in [4.78, 5) is 24.5. The van der Waals surface area contributed by atoms with Crippen molar-refractivity contribution in [3.05, 3.63) is 12.2 Å². The van der Waals surface area contributed by atoms with Gasteiger partial charge in [-0.3, -0.25) is 4.79 Å². The molecule has 2 atom stereocenters. The predicted molar refractivity (Wildman–Crippen MR) is 54.1 cm³/mol. The number of ether oxygens (including phenoxy) is 1. The Morgan fingerprint density at radius 1 is 1.60 bits per heavy atom. The lowest BCUT2D eigenvalue weighted by Crippen LogP contribution is -2.39. The van der Waals surface area contributed by atoms with Crippen LogP contribution in [-0.4, -0.2) is 30.1 Å². The molecule has 0 unspecified atom stereocenters. The maximum absolute atomic E-state index is 12.0. The number of nitrogens with zero attached hydrogens (tertiary/aromatic N) is 1. The highest BCUT2D eigenvalue weighted by molar-refractivity contribution is 5.94. The minimum atomic E-state index is -0.484. The fraction of sp³-hybridized carbons (Fsp3) is 0.636. The van der Waals surface area contributed by atoms with Crippen molar-refractivity contribution < 1.29 is 14.3 Å². The summed E-state index contributed by atoms with van der Waals surface area (Å²) in [5, 5.41) is 0. The number of carbonyl (C=O) groups is 2. The fourth-order valence-electron chi connectivity index (χ4n) is 2.13. The van der Waals surface area contributed by atoms with Gasteiger partial charge in [0.05, 0.1) is 6.54 Å². The summed E-state index contributed by atoms with van der Waals surface area (Å²) < 4.78 is 4.76. The Bertz CT molecular complexity index is 311. The summed E-state index contributed by atoms with van der Waals surface area (Å²) in [6.45, 7) is 2.76. The highest BCUT2D eigenvalue weighted by atomic mass is 16.6. The molecule has 1 aliphatic heterocycles. The van der Waals surface area contributed by atoms with Crippen LogP contribution < -0.4 is 0 Å². The minimum absolute atomic E-state index is 0.0550. The standard InChI is InChI=1S/C11H15NO3/c1-8-4-2-3-5-9(8)10(13)12-6-7-15-11(12)14/h2,4,8-9H,3,5-7H2,1H3/t8-,9+/m1/s1. The molecule has 2 rings (SSSR count). The van der Waals surface area contributed by atoms with Crippen molar-refractivity contribution in [3.63, 3.8) is 0 Å². The zero-order valence-corrected chi connectivity index (χ0v) is 8.81. The van der Waals surface area contributed by atoms with Gasteiger partial charge in [0.1, 0.15) is 6.61 Å². The van der Waals surface area contributed by atoms with E-state index in [1.807, 2.05) is 13.0 Å². The molecule has 0 aromatic rings. The lowest BCUT2D eigenvalue weighted by atomic mass is 9.84. The van der Waals surface area contributed by atoms with E-state index in [1.165, 1.54) is 4.90 Å². The van der Waals surface area contributed by atoms with Crippen molar-refractivity contribution >= 4 is 12.0 Å². The number of allylic oxidation sites excluding steroid dienone is 2. The summed E-state index contributed by atoms with van der Waals surface area (Å²) in [7, 11) is 0. The molecule has 0 aromatic carbocycles. The first-order valence-electron chi connectivity index (χ1n) is 5.35. The Balaban J connectivity index is 2.07. The molecule has 1 aliphatic carbocycles. The van der Waals surface area contributed by atoms with Crippen LogP contribution in [0.2, 0.25) is 0 Å². The van der Waals surface area contributed by atoms with Crippen molar-refractivity contribution in [2.75, 3.05) is 13.2 Å². The summed E-state index contributed by atoms with van der Waals surface area (Å²) in [5.74, 6) is 0.0923. The smallest absolute Gasteiger partial charge is 0.416 e. The van der Waals surface area contributed by atoms with Gasteiger partial charge in [0, 0.05) is 5.92 Å². The highest BCUT2D eigenvalue weighted by Gasteiger charge is 2.35. The number of imide groups is 1. The Kier molecular flexibility index (Phi) is 2.75. The average Bonchev–Trinajstić information content (AvgIpc) is 2.64. The second-order valence-electron chi connectivity index (χ2n) is 4.08. The number of amides is 2. The third-order valence-electron chi connectivity index (χ3n) is 3.06. The topological polar surface area (TPSA) is 46.6 Å². The van der Waals surface area contributed by atoms with Crippen LogP contribution in [0.3, 0.4) is 0 Å². The van der Waals surface area contributed by atoms with E-state index < -0.39 is 6.09 Å². The van der Waals surface area contributed by atoms with Gasteiger partial charge in [0.15, 0.2) is 0 Å². The fourth-order valence-corrected chi connectivity index (χ4v) is 2.13. The molecular formula is C11H15NO3. The summed E-state index contributed by atoms with van der Waals surface area (Å²) in [6, 6.07) is 0. The third-order valence-corrected chi connectivity index (χ3v) is 3.06. The molecule has 4 heteroatoms. The Morgan fingerprint density at radius 3 is 3.00 bits per heavy atom. The molecule has 2 amide bonds. The number of hydrogen-bond donors (Lipinski definition) is 0. The molecule has 0 radical (unpaired) electrons. The van der Waals surface area contributed by atoms with Gasteiger partial charge in [-0.05, 0) is 18.8 Å². The van der Waals surface area contributed by atoms with Crippen LogP contribution in [-0.2, 0) is 9.53 Å². The Morgan fingerprint density at radius 2 is 2.40 bits per heavy atom. The van der Waals surface area contributed by atoms with Gasteiger partial charge in [0.25, 0.3) is 0 Å². The van der Waals surface area contributed by atoms with Gasteiger partial charge >= 0.3 is 6.09 Å². The van der Waals surface area contributed by atoms with E-state index in [0.717, 1.165) is 12.8 Å². The molecule has 82 valence electrons. The van der Waals surface area contributed by atoms with E-state index in [2.05, 4.69) is 6.08 Å². The van der Waals surface area contributed by atoms with E-state index >= 15 is 0 Å². The zero-order chi connectivity index (χ0) is 10.8. The minimum Gasteiger partial charge on any atom is -0.447 e. The number of cyclic esters (lactones) is 1.